The first-order chi connectivity index (χ1) is 23.7. The first kappa shape index (κ1) is 36.3. The number of benzene rings is 2. The van der Waals surface area contributed by atoms with Crippen LogP contribution in [0.15, 0.2) is 39.5 Å². The fourth-order valence-corrected chi connectivity index (χ4v) is 6.52. The van der Waals surface area contributed by atoms with Crippen molar-refractivity contribution < 1.29 is 84.6 Å². The van der Waals surface area contributed by atoms with Crippen molar-refractivity contribution in [2.45, 2.75) is 92.6 Å². The Kier molecular flexibility index (Phi) is 10.1. The van der Waals surface area contributed by atoms with E-state index in [1.165, 1.54) is 31.2 Å². The molecule has 3 aliphatic rings. The van der Waals surface area contributed by atoms with E-state index >= 15 is 0 Å². The number of aliphatic hydroxyl groups excluding tert-OH is 9. The van der Waals surface area contributed by atoms with Crippen LogP contribution in [-0.2, 0) is 18.9 Å². The van der Waals surface area contributed by atoms with Crippen LogP contribution in [0.5, 0.6) is 17.2 Å². The minimum absolute atomic E-state index is 0.117. The van der Waals surface area contributed by atoms with Crippen molar-refractivity contribution in [3.63, 3.8) is 0 Å². The molecule has 18 heteroatoms. The van der Waals surface area contributed by atoms with Crippen molar-refractivity contribution in [1.29, 1.82) is 0 Å². The lowest BCUT2D eigenvalue weighted by Crippen LogP contribution is -2.61. The smallest absolute Gasteiger partial charge is 0.197 e. The van der Waals surface area contributed by atoms with Gasteiger partial charge in [-0.05, 0) is 31.2 Å². The summed E-state index contributed by atoms with van der Waals surface area (Å²) in [6.45, 7) is -0.146. The van der Waals surface area contributed by atoms with Crippen molar-refractivity contribution in [2.24, 2.45) is 0 Å². The van der Waals surface area contributed by atoms with E-state index in [0.29, 0.717) is 0 Å². The molecule has 0 unspecified atom stereocenters. The lowest BCUT2D eigenvalue weighted by atomic mass is 9.85. The van der Waals surface area contributed by atoms with Crippen LogP contribution in [0, 0.1) is 0 Å². The molecule has 4 heterocycles. The molecule has 3 saturated heterocycles. The molecular weight excluding hydrogens is 672 g/mol. The molecule has 12 N–H and O–H groups in total. The molecule has 0 radical (unpaired) electrons. The number of phenols is 3. The maximum Gasteiger partial charge on any atom is 0.197 e. The van der Waals surface area contributed by atoms with Crippen molar-refractivity contribution in [3.8, 4) is 28.6 Å². The van der Waals surface area contributed by atoms with E-state index < -0.39 is 138 Å². The summed E-state index contributed by atoms with van der Waals surface area (Å²) in [5.74, 6) is -2.24. The Hall–Kier alpha value is -3.47. The molecule has 0 amide bonds. The molecule has 0 bridgehead atoms. The van der Waals surface area contributed by atoms with Gasteiger partial charge in [-0.1, -0.05) is 0 Å². The fraction of sp³-hybridized carbons (Fsp3) is 0.531. The van der Waals surface area contributed by atoms with Crippen LogP contribution < -0.4 is 5.43 Å². The number of aliphatic hydroxyl groups is 9. The highest BCUT2D eigenvalue weighted by Gasteiger charge is 2.52. The third-order valence-electron chi connectivity index (χ3n) is 9.38. The molecule has 0 spiro atoms. The fourth-order valence-electron chi connectivity index (χ4n) is 6.52. The van der Waals surface area contributed by atoms with E-state index in [2.05, 4.69) is 0 Å². The molecule has 2 aromatic carbocycles. The number of aromatic hydroxyl groups is 3. The van der Waals surface area contributed by atoms with Gasteiger partial charge in [-0.3, -0.25) is 4.79 Å². The highest BCUT2D eigenvalue weighted by atomic mass is 16.7. The first-order valence-corrected chi connectivity index (χ1v) is 15.6. The first-order valence-electron chi connectivity index (χ1n) is 15.6. The minimum atomic E-state index is -2.02. The van der Waals surface area contributed by atoms with Gasteiger partial charge < -0.3 is 84.6 Å². The maximum atomic E-state index is 13.8. The summed E-state index contributed by atoms with van der Waals surface area (Å²) in [5.41, 5.74) is -2.53. The van der Waals surface area contributed by atoms with Crippen molar-refractivity contribution in [1.82, 2.24) is 0 Å². The molecule has 50 heavy (non-hydrogen) atoms. The van der Waals surface area contributed by atoms with Gasteiger partial charge in [0.2, 0.25) is 0 Å². The number of ether oxygens (including phenoxy) is 4. The molecule has 14 atom stereocenters. The third-order valence-corrected chi connectivity index (χ3v) is 9.38. The molecule has 274 valence electrons. The van der Waals surface area contributed by atoms with Crippen LogP contribution in [-0.4, -0.2) is 148 Å². The highest BCUT2D eigenvalue weighted by molar-refractivity contribution is 5.92. The average Bonchev–Trinajstić information content (AvgIpc) is 3.08. The molecular formula is C32H38O18. The van der Waals surface area contributed by atoms with Crippen LogP contribution in [0.1, 0.15) is 30.3 Å². The summed E-state index contributed by atoms with van der Waals surface area (Å²) < 4.78 is 28.9. The molecule has 18 nitrogen and oxygen atoms in total. The lowest BCUT2D eigenvalue weighted by molar-refractivity contribution is -0.338. The Morgan fingerprint density at radius 2 is 1.44 bits per heavy atom. The quantitative estimate of drug-likeness (QED) is 0.122. The average molecular weight is 711 g/mol. The second-order valence-electron chi connectivity index (χ2n) is 12.6. The largest absolute Gasteiger partial charge is 0.508 e. The Bertz CT molecular complexity index is 1750. The normalized spacial score (nSPS) is 38.0. The minimum Gasteiger partial charge on any atom is -0.508 e. The van der Waals surface area contributed by atoms with E-state index in [4.69, 9.17) is 23.4 Å². The van der Waals surface area contributed by atoms with Gasteiger partial charge in [0.1, 0.15) is 102 Å². The molecule has 3 aliphatic heterocycles. The van der Waals surface area contributed by atoms with Crippen LogP contribution in [0.4, 0.5) is 0 Å². The van der Waals surface area contributed by atoms with Crippen molar-refractivity contribution >= 4 is 11.0 Å². The molecule has 6 rings (SSSR count). The van der Waals surface area contributed by atoms with Gasteiger partial charge in [-0.15, -0.1) is 0 Å². The number of phenolic OH excluding ortho intramolecular Hbond substituents is 3. The van der Waals surface area contributed by atoms with E-state index in [1.54, 1.807) is 0 Å². The summed E-state index contributed by atoms with van der Waals surface area (Å²) in [6, 6.07) is 6.33. The van der Waals surface area contributed by atoms with Crippen LogP contribution >= 0.6 is 0 Å². The van der Waals surface area contributed by atoms with Crippen molar-refractivity contribution in [3.05, 3.63) is 51.7 Å². The second kappa shape index (κ2) is 13.9. The Balaban J connectivity index is 1.60. The zero-order chi connectivity index (χ0) is 36.3. The zero-order valence-corrected chi connectivity index (χ0v) is 26.2. The predicted molar refractivity (Wildman–Crippen MR) is 164 cm³/mol. The van der Waals surface area contributed by atoms with Gasteiger partial charge >= 0.3 is 0 Å². The molecule has 3 fully saturated rings. The van der Waals surface area contributed by atoms with Crippen LogP contribution in [0.2, 0.25) is 0 Å². The summed E-state index contributed by atoms with van der Waals surface area (Å²) in [4.78, 5) is 13.8. The van der Waals surface area contributed by atoms with Gasteiger partial charge in [-0.25, -0.2) is 0 Å². The summed E-state index contributed by atoms with van der Waals surface area (Å²) in [7, 11) is 0. The zero-order valence-electron chi connectivity index (χ0n) is 26.2. The third kappa shape index (κ3) is 6.11. The number of hydrogen-bond acceptors (Lipinski definition) is 18. The lowest BCUT2D eigenvalue weighted by Gasteiger charge is -2.46. The van der Waals surface area contributed by atoms with Gasteiger partial charge in [0.15, 0.2) is 17.3 Å². The SMILES string of the molecule is C[C@H]1O[C@H](O[C@@H]2[C@@H](O)[C@@H](O)[C@@H](CO)O[C@@H]2c2c(O)c([C@@H]3OC[C@H](O)[C@H](O)[C@H]3O)c(O)c3c(=O)cc(-c4ccc(O)cc4)oc23)[C@@H](O)[C@@H](O)[C@@H]1O. The van der Waals surface area contributed by atoms with E-state index in [-0.39, 0.29) is 17.1 Å². The number of rotatable bonds is 6. The van der Waals surface area contributed by atoms with Gasteiger partial charge in [-0.2, -0.15) is 0 Å². The Morgan fingerprint density at radius 3 is 2.10 bits per heavy atom. The van der Waals surface area contributed by atoms with Gasteiger partial charge in [0, 0.05) is 11.6 Å². The van der Waals surface area contributed by atoms with Crippen LogP contribution in [0.3, 0.4) is 0 Å². The molecule has 1 aromatic heterocycles. The van der Waals surface area contributed by atoms with Crippen LogP contribution in [0.25, 0.3) is 22.3 Å². The van der Waals surface area contributed by atoms with Gasteiger partial charge in [0.25, 0.3) is 0 Å². The van der Waals surface area contributed by atoms with E-state index in [0.717, 1.165) is 6.07 Å². The predicted octanol–water partition coefficient (Wildman–Crippen LogP) is -2.90. The monoisotopic (exact) mass is 710 g/mol. The second-order valence-corrected chi connectivity index (χ2v) is 12.6. The Morgan fingerprint density at radius 1 is 0.760 bits per heavy atom. The van der Waals surface area contributed by atoms with E-state index in [9.17, 15) is 66.1 Å². The maximum absolute atomic E-state index is 13.8. The molecule has 0 aliphatic carbocycles. The number of fused-ring (bicyclic) bond motifs is 1. The molecule has 3 aromatic rings. The molecule has 0 saturated carbocycles. The van der Waals surface area contributed by atoms with Crippen molar-refractivity contribution in [2.75, 3.05) is 13.2 Å². The summed E-state index contributed by atoms with van der Waals surface area (Å²) in [6.07, 6.45) is -24.7. The van der Waals surface area contributed by atoms with E-state index in [1.807, 2.05) is 0 Å². The topological polar surface area (TPSA) is 310 Å². The highest BCUT2D eigenvalue weighted by Crippen LogP contribution is 2.51. The summed E-state index contributed by atoms with van der Waals surface area (Å²) >= 11 is 0. The Labute approximate surface area is 281 Å². The number of hydrogen-bond donors (Lipinski definition) is 12. The standard InChI is InChI=1S/C32H38O18/c1-9-19(37)24(42)27(45)32(47-9)50-31-26(44)21(39)15(7-33)49-30(31)18-23(41)17(29-25(43)20(38)13(36)8-46-29)22(40)16-12(35)6-14(48-28(16)18)10-2-4-11(34)5-3-10/h2-6,9,13,15,19-21,24-27,29-34,36-45H,7-8H2,1H3/t9-,13+,15-,19-,20+,21+,24+,25-,26+,27+,29+,30-,31-,32-/m1/s1. The van der Waals surface area contributed by atoms with Gasteiger partial charge in [0.05, 0.1) is 30.4 Å². The summed E-state index contributed by atoms with van der Waals surface area (Å²) in [5, 5.41) is 127.